The van der Waals surface area contributed by atoms with Gasteiger partial charge in [0.05, 0.1) is 5.84 Å². The van der Waals surface area contributed by atoms with Crippen LogP contribution in [0.2, 0.25) is 0 Å². The zero-order valence-corrected chi connectivity index (χ0v) is 10.0. The van der Waals surface area contributed by atoms with E-state index in [1.165, 1.54) is 0 Å². The molecule has 5 heteroatoms. The topological polar surface area (TPSA) is 72.0 Å². The number of nitrogens with two attached hydrogens (primary N) is 1. The molecule has 1 aromatic carbocycles. The van der Waals surface area contributed by atoms with E-state index in [4.69, 9.17) is 15.9 Å². The number of rotatable bonds is 5. The molecule has 2 aromatic rings. The van der Waals surface area contributed by atoms with Gasteiger partial charge in [0.25, 0.3) is 0 Å². The summed E-state index contributed by atoms with van der Waals surface area (Å²) in [7, 11) is 0. The fourth-order valence-corrected chi connectivity index (χ4v) is 1.92. The van der Waals surface area contributed by atoms with Crippen LogP contribution < -0.4 is 10.5 Å². The summed E-state index contributed by atoms with van der Waals surface area (Å²) in [6.07, 6.45) is 2.24. The van der Waals surface area contributed by atoms with Gasteiger partial charge in [-0.2, -0.15) is 0 Å². The Bertz CT molecular complexity index is 479. The maximum atomic E-state index is 7.20. The standard InChI is InChI=1S/C12H13N3OS/c13-11(14)7-9-1-3-10(4-2-9)16-8-12-15-5-6-17-12/h1-6H,7-8H2,(H3,13,14). The van der Waals surface area contributed by atoms with E-state index in [1.807, 2.05) is 29.6 Å². The molecule has 0 aliphatic carbocycles. The fraction of sp³-hybridized carbons (Fsp3) is 0.167. The van der Waals surface area contributed by atoms with Gasteiger partial charge in [-0.05, 0) is 17.7 Å². The molecule has 2 rings (SSSR count). The number of nitrogens with zero attached hydrogens (tertiary/aromatic N) is 1. The normalized spacial score (nSPS) is 10.1. The lowest BCUT2D eigenvalue weighted by molar-refractivity contribution is 0.305. The Morgan fingerprint density at radius 2 is 2.12 bits per heavy atom. The molecule has 0 amide bonds. The Labute approximate surface area is 104 Å². The predicted octanol–water partition coefficient (Wildman–Crippen LogP) is 2.20. The molecule has 0 spiro atoms. The molecular weight excluding hydrogens is 234 g/mol. The molecule has 1 aromatic heterocycles. The van der Waals surface area contributed by atoms with Crippen LogP contribution in [0.1, 0.15) is 10.6 Å². The molecule has 88 valence electrons. The summed E-state index contributed by atoms with van der Waals surface area (Å²) in [5.41, 5.74) is 6.34. The molecule has 0 radical (unpaired) electrons. The second-order valence-electron chi connectivity index (χ2n) is 3.56. The zero-order valence-electron chi connectivity index (χ0n) is 9.22. The highest BCUT2D eigenvalue weighted by atomic mass is 32.1. The highest BCUT2D eigenvalue weighted by molar-refractivity contribution is 7.09. The minimum absolute atomic E-state index is 0.168. The average Bonchev–Trinajstić information content (AvgIpc) is 2.80. The van der Waals surface area contributed by atoms with Gasteiger partial charge in [0.15, 0.2) is 0 Å². The van der Waals surface area contributed by atoms with Crippen LogP contribution in [0.4, 0.5) is 0 Å². The number of nitrogens with one attached hydrogen (secondary N) is 1. The number of thiazole rings is 1. The van der Waals surface area contributed by atoms with E-state index in [2.05, 4.69) is 4.98 Å². The van der Waals surface area contributed by atoms with Gasteiger partial charge in [-0.15, -0.1) is 11.3 Å². The van der Waals surface area contributed by atoms with Crippen molar-refractivity contribution in [1.29, 1.82) is 5.41 Å². The second kappa shape index (κ2) is 5.45. The van der Waals surface area contributed by atoms with Gasteiger partial charge in [0.2, 0.25) is 0 Å². The number of aromatic nitrogens is 1. The van der Waals surface area contributed by atoms with E-state index < -0.39 is 0 Å². The van der Waals surface area contributed by atoms with Crippen molar-refractivity contribution in [2.24, 2.45) is 5.73 Å². The molecular formula is C12H13N3OS. The second-order valence-corrected chi connectivity index (χ2v) is 4.54. The summed E-state index contributed by atoms with van der Waals surface area (Å²) in [4.78, 5) is 4.14. The lowest BCUT2D eigenvalue weighted by atomic mass is 10.1. The van der Waals surface area contributed by atoms with E-state index in [-0.39, 0.29) is 5.84 Å². The summed E-state index contributed by atoms with van der Waals surface area (Å²) in [6, 6.07) is 7.59. The Morgan fingerprint density at radius 3 is 2.71 bits per heavy atom. The molecule has 0 bridgehead atoms. The predicted molar refractivity (Wildman–Crippen MR) is 68.5 cm³/mol. The molecule has 17 heavy (non-hydrogen) atoms. The number of benzene rings is 1. The lowest BCUT2D eigenvalue weighted by Crippen LogP contribution is -2.12. The number of hydrogen-bond donors (Lipinski definition) is 2. The van der Waals surface area contributed by atoms with Gasteiger partial charge < -0.3 is 10.5 Å². The van der Waals surface area contributed by atoms with Crippen molar-refractivity contribution in [2.45, 2.75) is 13.0 Å². The molecule has 0 aliphatic rings. The first kappa shape index (κ1) is 11.6. The monoisotopic (exact) mass is 247 g/mol. The van der Waals surface area contributed by atoms with Gasteiger partial charge in [0.1, 0.15) is 17.4 Å². The van der Waals surface area contributed by atoms with E-state index >= 15 is 0 Å². The maximum absolute atomic E-state index is 7.20. The molecule has 0 saturated heterocycles. The lowest BCUT2D eigenvalue weighted by Gasteiger charge is -2.05. The SMILES string of the molecule is N=C(N)Cc1ccc(OCc2nccs2)cc1. The summed E-state index contributed by atoms with van der Waals surface area (Å²) in [6.45, 7) is 0.490. The van der Waals surface area contributed by atoms with Gasteiger partial charge >= 0.3 is 0 Å². The highest BCUT2D eigenvalue weighted by Gasteiger charge is 1.99. The zero-order chi connectivity index (χ0) is 12.1. The highest BCUT2D eigenvalue weighted by Crippen LogP contribution is 2.15. The third kappa shape index (κ3) is 3.57. The van der Waals surface area contributed by atoms with E-state index in [0.29, 0.717) is 13.0 Å². The molecule has 0 aliphatic heterocycles. The van der Waals surface area contributed by atoms with Crippen LogP contribution in [-0.4, -0.2) is 10.8 Å². The fourth-order valence-electron chi connectivity index (χ4n) is 1.39. The van der Waals surface area contributed by atoms with Gasteiger partial charge in [-0.3, -0.25) is 5.41 Å². The molecule has 0 unspecified atom stereocenters. The van der Waals surface area contributed by atoms with Gasteiger partial charge in [-0.25, -0.2) is 4.98 Å². The van der Waals surface area contributed by atoms with Crippen LogP contribution in [-0.2, 0) is 13.0 Å². The Morgan fingerprint density at radius 1 is 1.35 bits per heavy atom. The van der Waals surface area contributed by atoms with Crippen LogP contribution in [0.3, 0.4) is 0 Å². The van der Waals surface area contributed by atoms with Gasteiger partial charge in [0, 0.05) is 18.0 Å². The number of hydrogen-bond acceptors (Lipinski definition) is 4. The third-order valence-corrected chi connectivity index (χ3v) is 2.92. The summed E-state index contributed by atoms with van der Waals surface area (Å²) < 4.78 is 5.57. The van der Waals surface area contributed by atoms with Crippen molar-refractivity contribution in [3.63, 3.8) is 0 Å². The Hall–Kier alpha value is -1.88. The van der Waals surface area contributed by atoms with E-state index in [0.717, 1.165) is 16.3 Å². The Kier molecular flexibility index (Phi) is 3.72. The quantitative estimate of drug-likeness (QED) is 0.628. The first-order chi connectivity index (χ1) is 8.24. The van der Waals surface area contributed by atoms with E-state index in [9.17, 15) is 0 Å². The minimum atomic E-state index is 0.168. The molecule has 4 nitrogen and oxygen atoms in total. The number of ether oxygens (including phenoxy) is 1. The summed E-state index contributed by atoms with van der Waals surface area (Å²) >= 11 is 1.57. The maximum Gasteiger partial charge on any atom is 0.140 e. The molecule has 0 fully saturated rings. The van der Waals surface area contributed by atoms with Crippen molar-refractivity contribution in [2.75, 3.05) is 0 Å². The van der Waals surface area contributed by atoms with Crippen LogP contribution in [0, 0.1) is 5.41 Å². The summed E-state index contributed by atoms with van der Waals surface area (Å²) in [5.74, 6) is 0.967. The van der Waals surface area contributed by atoms with E-state index in [1.54, 1.807) is 17.5 Å². The minimum Gasteiger partial charge on any atom is -0.486 e. The molecule has 0 atom stereocenters. The first-order valence-electron chi connectivity index (χ1n) is 5.17. The van der Waals surface area contributed by atoms with Gasteiger partial charge in [-0.1, -0.05) is 12.1 Å². The smallest absolute Gasteiger partial charge is 0.140 e. The van der Waals surface area contributed by atoms with Crippen LogP contribution >= 0.6 is 11.3 Å². The number of amidine groups is 1. The third-order valence-electron chi connectivity index (χ3n) is 2.16. The van der Waals surface area contributed by atoms with Crippen molar-refractivity contribution in [1.82, 2.24) is 4.98 Å². The van der Waals surface area contributed by atoms with Crippen LogP contribution in [0.15, 0.2) is 35.8 Å². The average molecular weight is 247 g/mol. The first-order valence-corrected chi connectivity index (χ1v) is 6.05. The van der Waals surface area contributed by atoms with Crippen LogP contribution in [0.25, 0.3) is 0 Å². The molecule has 1 heterocycles. The van der Waals surface area contributed by atoms with Crippen molar-refractivity contribution in [3.8, 4) is 5.75 Å². The summed E-state index contributed by atoms with van der Waals surface area (Å²) in [5, 5.41) is 10.1. The van der Waals surface area contributed by atoms with Crippen molar-refractivity contribution < 1.29 is 4.74 Å². The van der Waals surface area contributed by atoms with Crippen molar-refractivity contribution >= 4 is 17.2 Å². The van der Waals surface area contributed by atoms with Crippen molar-refractivity contribution in [3.05, 3.63) is 46.4 Å². The van der Waals surface area contributed by atoms with Crippen LogP contribution in [0.5, 0.6) is 5.75 Å². The largest absolute Gasteiger partial charge is 0.486 e. The molecule has 0 saturated carbocycles. The molecule has 3 N–H and O–H groups in total. The Balaban J connectivity index is 1.91.